The Hall–Kier alpha value is -2.90. The van der Waals surface area contributed by atoms with E-state index in [4.69, 9.17) is 33.3 Å². The van der Waals surface area contributed by atoms with Crippen LogP contribution in [0.3, 0.4) is 0 Å². The average Bonchev–Trinajstić information content (AvgIpc) is 2.68. The molecule has 6 nitrogen and oxygen atoms in total. The predicted molar refractivity (Wildman–Crippen MR) is 121 cm³/mol. The zero-order valence-corrected chi connectivity index (χ0v) is 18.3. The van der Waals surface area contributed by atoms with E-state index in [-0.39, 0.29) is 16.8 Å². The van der Waals surface area contributed by atoms with E-state index >= 15 is 0 Å². The lowest BCUT2D eigenvalue weighted by Gasteiger charge is -2.29. The lowest BCUT2D eigenvalue weighted by Crippen LogP contribution is -2.54. The molecule has 1 saturated heterocycles. The van der Waals surface area contributed by atoms with Crippen LogP contribution in [0, 0.1) is 0 Å². The highest BCUT2D eigenvalue weighted by molar-refractivity contribution is 7.80. The number of amides is 2. The summed E-state index contributed by atoms with van der Waals surface area (Å²) in [5, 5.41) is 3.10. The molecular formula is C22H21ClN2O4S. The van der Waals surface area contributed by atoms with Gasteiger partial charge in [0.2, 0.25) is 0 Å². The summed E-state index contributed by atoms with van der Waals surface area (Å²) in [7, 11) is 0. The maximum Gasteiger partial charge on any atom is 0.270 e. The lowest BCUT2D eigenvalue weighted by molar-refractivity contribution is -0.122. The van der Waals surface area contributed by atoms with Gasteiger partial charge in [-0.05, 0) is 81.0 Å². The third-order valence-corrected chi connectivity index (χ3v) is 4.66. The molecular weight excluding hydrogens is 424 g/mol. The van der Waals surface area contributed by atoms with Crippen LogP contribution >= 0.6 is 23.8 Å². The smallest absolute Gasteiger partial charge is 0.270 e. The van der Waals surface area contributed by atoms with E-state index < -0.39 is 11.8 Å². The van der Waals surface area contributed by atoms with Crippen molar-refractivity contribution in [2.45, 2.75) is 26.9 Å². The molecule has 1 heterocycles. The summed E-state index contributed by atoms with van der Waals surface area (Å²) in [6.07, 6.45) is 1.48. The van der Waals surface area contributed by atoms with Gasteiger partial charge in [-0.15, -0.1) is 0 Å². The minimum atomic E-state index is -0.560. The summed E-state index contributed by atoms with van der Waals surface area (Å²) >= 11 is 11.1. The summed E-state index contributed by atoms with van der Waals surface area (Å²) in [5.74, 6) is 0.0499. The van der Waals surface area contributed by atoms with Crippen molar-refractivity contribution >= 4 is 52.5 Å². The number of rotatable bonds is 6. The van der Waals surface area contributed by atoms with Crippen LogP contribution in [-0.2, 0) is 9.59 Å². The maximum absolute atomic E-state index is 13.1. The monoisotopic (exact) mass is 444 g/mol. The van der Waals surface area contributed by atoms with Crippen LogP contribution in [0.25, 0.3) is 6.08 Å². The lowest BCUT2D eigenvalue weighted by atomic mass is 10.1. The molecule has 0 bridgehead atoms. The largest absolute Gasteiger partial charge is 0.490 e. The zero-order valence-electron chi connectivity index (χ0n) is 16.8. The van der Waals surface area contributed by atoms with E-state index in [2.05, 4.69) is 5.32 Å². The summed E-state index contributed by atoms with van der Waals surface area (Å²) in [5.41, 5.74) is 1.09. The van der Waals surface area contributed by atoms with E-state index in [9.17, 15) is 9.59 Å². The number of hydrogen-bond acceptors (Lipinski definition) is 5. The Bertz CT molecular complexity index is 1020. The first-order valence-electron chi connectivity index (χ1n) is 9.40. The number of carbonyl (C=O) groups excluding carboxylic acids is 2. The van der Waals surface area contributed by atoms with Crippen molar-refractivity contribution in [1.29, 1.82) is 0 Å². The van der Waals surface area contributed by atoms with Crippen LogP contribution in [-0.4, -0.2) is 29.6 Å². The Morgan fingerprint density at radius 3 is 2.47 bits per heavy atom. The fraction of sp³-hybridized carbons (Fsp3) is 0.227. The van der Waals surface area contributed by atoms with Crippen molar-refractivity contribution in [3.63, 3.8) is 0 Å². The van der Waals surface area contributed by atoms with E-state index in [0.29, 0.717) is 34.4 Å². The van der Waals surface area contributed by atoms with E-state index in [1.54, 1.807) is 42.5 Å². The Morgan fingerprint density at radius 2 is 1.83 bits per heavy atom. The average molecular weight is 445 g/mol. The first kappa shape index (κ1) is 21.8. The standard InChI is InChI=1S/C22H21ClN2O4S/c1-4-28-19-12-14(5-10-18(19)29-13(2)3)11-17-20(26)24-22(30)25(21(17)27)16-8-6-15(23)7-9-16/h5-13H,4H2,1-3H3,(H,24,26,30)/b17-11-. The first-order valence-corrected chi connectivity index (χ1v) is 10.2. The van der Waals surface area contributed by atoms with Crippen molar-refractivity contribution in [2.24, 2.45) is 0 Å². The van der Waals surface area contributed by atoms with Gasteiger partial charge in [-0.25, -0.2) is 0 Å². The second-order valence-electron chi connectivity index (χ2n) is 6.74. The second kappa shape index (κ2) is 9.28. The van der Waals surface area contributed by atoms with Crippen LogP contribution < -0.4 is 19.7 Å². The number of benzene rings is 2. The van der Waals surface area contributed by atoms with Gasteiger partial charge in [-0.2, -0.15) is 0 Å². The molecule has 1 N–H and O–H groups in total. The third kappa shape index (κ3) is 4.80. The molecule has 1 aliphatic heterocycles. The highest BCUT2D eigenvalue weighted by atomic mass is 35.5. The molecule has 0 unspecified atom stereocenters. The third-order valence-electron chi connectivity index (χ3n) is 4.13. The van der Waals surface area contributed by atoms with Crippen LogP contribution in [0.4, 0.5) is 5.69 Å². The molecule has 0 aliphatic carbocycles. The van der Waals surface area contributed by atoms with E-state index in [1.165, 1.54) is 11.0 Å². The quantitative estimate of drug-likeness (QED) is 0.407. The fourth-order valence-electron chi connectivity index (χ4n) is 2.88. The molecule has 2 aromatic rings. The second-order valence-corrected chi connectivity index (χ2v) is 7.56. The van der Waals surface area contributed by atoms with Gasteiger partial charge in [0.15, 0.2) is 16.6 Å². The number of nitrogens with one attached hydrogen (secondary N) is 1. The Balaban J connectivity index is 1.97. The number of hydrogen-bond donors (Lipinski definition) is 1. The Morgan fingerprint density at radius 1 is 1.13 bits per heavy atom. The highest BCUT2D eigenvalue weighted by Crippen LogP contribution is 2.31. The highest BCUT2D eigenvalue weighted by Gasteiger charge is 2.34. The van der Waals surface area contributed by atoms with Crippen molar-refractivity contribution in [3.8, 4) is 11.5 Å². The fourth-order valence-corrected chi connectivity index (χ4v) is 3.29. The maximum atomic E-state index is 13.1. The van der Waals surface area contributed by atoms with Gasteiger partial charge in [0.25, 0.3) is 11.8 Å². The van der Waals surface area contributed by atoms with Gasteiger partial charge < -0.3 is 9.47 Å². The molecule has 1 fully saturated rings. The molecule has 1 aliphatic rings. The Kier molecular flexibility index (Phi) is 6.74. The summed E-state index contributed by atoms with van der Waals surface area (Å²) in [6.45, 7) is 6.16. The van der Waals surface area contributed by atoms with Crippen molar-refractivity contribution in [3.05, 3.63) is 58.6 Å². The van der Waals surface area contributed by atoms with E-state index in [1.807, 2.05) is 20.8 Å². The number of nitrogens with zero attached hydrogens (tertiary/aromatic N) is 1. The van der Waals surface area contributed by atoms with Gasteiger partial charge in [-0.1, -0.05) is 17.7 Å². The normalized spacial score (nSPS) is 15.6. The predicted octanol–water partition coefficient (Wildman–Crippen LogP) is 4.36. The summed E-state index contributed by atoms with van der Waals surface area (Å²) < 4.78 is 11.4. The van der Waals surface area contributed by atoms with Gasteiger partial charge >= 0.3 is 0 Å². The molecule has 8 heteroatoms. The van der Waals surface area contributed by atoms with Crippen LogP contribution in [0.1, 0.15) is 26.3 Å². The number of halogens is 1. The molecule has 3 rings (SSSR count). The first-order chi connectivity index (χ1) is 14.3. The Labute approximate surface area is 185 Å². The molecule has 0 radical (unpaired) electrons. The van der Waals surface area contributed by atoms with Crippen molar-refractivity contribution in [1.82, 2.24) is 5.32 Å². The molecule has 0 spiro atoms. The van der Waals surface area contributed by atoms with E-state index in [0.717, 1.165) is 0 Å². The minimum absolute atomic E-state index is 0.0140. The number of anilines is 1. The van der Waals surface area contributed by atoms with Crippen molar-refractivity contribution in [2.75, 3.05) is 11.5 Å². The number of carbonyl (C=O) groups is 2. The molecule has 2 aromatic carbocycles. The van der Waals surface area contributed by atoms with Gasteiger partial charge in [0.1, 0.15) is 5.57 Å². The molecule has 2 amide bonds. The summed E-state index contributed by atoms with van der Waals surface area (Å²) in [6, 6.07) is 11.9. The van der Waals surface area contributed by atoms with Crippen LogP contribution in [0.15, 0.2) is 48.0 Å². The molecule has 0 aromatic heterocycles. The molecule has 0 saturated carbocycles. The molecule has 30 heavy (non-hydrogen) atoms. The summed E-state index contributed by atoms with van der Waals surface area (Å²) in [4.78, 5) is 26.8. The van der Waals surface area contributed by atoms with Crippen LogP contribution in [0.2, 0.25) is 5.02 Å². The van der Waals surface area contributed by atoms with Gasteiger partial charge in [-0.3, -0.25) is 19.8 Å². The zero-order chi connectivity index (χ0) is 21.8. The molecule has 0 atom stereocenters. The van der Waals surface area contributed by atoms with Crippen LogP contribution in [0.5, 0.6) is 11.5 Å². The minimum Gasteiger partial charge on any atom is -0.490 e. The SMILES string of the molecule is CCOc1cc(/C=C2/C(=O)NC(=S)N(c3ccc(Cl)cc3)C2=O)ccc1OC(C)C. The van der Waals surface area contributed by atoms with Gasteiger partial charge in [0, 0.05) is 5.02 Å². The number of ether oxygens (including phenoxy) is 2. The molecule has 156 valence electrons. The topological polar surface area (TPSA) is 67.9 Å². The number of thiocarbonyl (C=S) groups is 1. The van der Waals surface area contributed by atoms with Crippen molar-refractivity contribution < 1.29 is 19.1 Å². The van der Waals surface area contributed by atoms with Gasteiger partial charge in [0.05, 0.1) is 18.4 Å².